The molecule has 1 aromatic rings. The fourth-order valence-corrected chi connectivity index (χ4v) is 3.65. The maximum atomic E-state index is 12.9. The highest BCUT2D eigenvalue weighted by atomic mass is 16.5. The largest absolute Gasteiger partial charge is 0.383 e. The second-order valence-electron chi connectivity index (χ2n) is 6.34. The lowest BCUT2D eigenvalue weighted by atomic mass is 9.71. The number of amides is 2. The summed E-state index contributed by atoms with van der Waals surface area (Å²) in [6, 6.07) is 1.57. The van der Waals surface area contributed by atoms with Crippen LogP contribution >= 0.6 is 0 Å². The molecule has 0 aromatic carbocycles. The van der Waals surface area contributed by atoms with Crippen molar-refractivity contribution in [1.82, 2.24) is 15.0 Å². The highest BCUT2D eigenvalue weighted by Gasteiger charge is 2.46. The molecule has 0 bridgehead atoms. The smallest absolute Gasteiger partial charge is 0.292 e. The summed E-state index contributed by atoms with van der Waals surface area (Å²) in [6.07, 6.45) is 4.84. The minimum absolute atomic E-state index is 0.142. The van der Waals surface area contributed by atoms with Gasteiger partial charge in [-0.15, -0.1) is 0 Å². The quantitative estimate of drug-likeness (QED) is 0.832. The van der Waals surface area contributed by atoms with Crippen molar-refractivity contribution in [3.63, 3.8) is 0 Å². The molecule has 3 rings (SSSR count). The molecule has 1 spiro atoms. The molecule has 3 heterocycles. The van der Waals surface area contributed by atoms with Crippen LogP contribution in [-0.2, 0) is 9.53 Å². The zero-order valence-corrected chi connectivity index (χ0v) is 13.5. The monoisotopic (exact) mass is 321 g/mol. The molecular formula is C16H23N3O4. The molecule has 0 radical (unpaired) electrons. The van der Waals surface area contributed by atoms with E-state index in [0.717, 1.165) is 32.2 Å². The van der Waals surface area contributed by atoms with Gasteiger partial charge in [0.05, 0.1) is 18.2 Å². The number of carbonyl (C=O) groups excluding carboxylic acids is 2. The minimum atomic E-state index is -0.301. The Morgan fingerprint density at radius 3 is 2.78 bits per heavy atom. The summed E-state index contributed by atoms with van der Waals surface area (Å²) in [5.74, 6) is 0.349. The van der Waals surface area contributed by atoms with Crippen molar-refractivity contribution in [2.45, 2.75) is 25.7 Å². The first-order valence-electron chi connectivity index (χ1n) is 8.14. The molecule has 126 valence electrons. The first kappa shape index (κ1) is 16.0. The molecule has 0 N–H and O–H groups in total. The topological polar surface area (TPSA) is 75.9 Å². The van der Waals surface area contributed by atoms with Gasteiger partial charge in [0.1, 0.15) is 0 Å². The van der Waals surface area contributed by atoms with Crippen LogP contribution in [0.25, 0.3) is 0 Å². The Bertz CT molecular complexity index is 550. The molecular weight excluding hydrogens is 298 g/mol. The van der Waals surface area contributed by atoms with E-state index in [-0.39, 0.29) is 23.0 Å². The zero-order chi connectivity index (χ0) is 16.3. The van der Waals surface area contributed by atoms with Crippen LogP contribution in [0.4, 0.5) is 0 Å². The standard InChI is InChI=1S/C16H23N3O4/c1-22-12-11-19-8-2-4-16(15(19)21)5-9-18(10-6-16)14(20)13-3-7-17-23-13/h3,7H,2,4-6,8-12H2,1H3. The van der Waals surface area contributed by atoms with Gasteiger partial charge in [0.25, 0.3) is 5.91 Å². The van der Waals surface area contributed by atoms with Crippen molar-refractivity contribution in [2.75, 3.05) is 39.9 Å². The average Bonchev–Trinajstić information content (AvgIpc) is 3.11. The summed E-state index contributed by atoms with van der Waals surface area (Å²) < 4.78 is 10.0. The van der Waals surface area contributed by atoms with Gasteiger partial charge in [0, 0.05) is 39.4 Å². The van der Waals surface area contributed by atoms with E-state index >= 15 is 0 Å². The maximum absolute atomic E-state index is 12.9. The van der Waals surface area contributed by atoms with Crippen LogP contribution in [0.2, 0.25) is 0 Å². The van der Waals surface area contributed by atoms with Crippen LogP contribution < -0.4 is 0 Å². The van der Waals surface area contributed by atoms with E-state index < -0.39 is 0 Å². The number of hydrogen-bond donors (Lipinski definition) is 0. The normalized spacial score (nSPS) is 21.0. The zero-order valence-electron chi connectivity index (χ0n) is 13.5. The van der Waals surface area contributed by atoms with Gasteiger partial charge in [-0.1, -0.05) is 5.16 Å². The van der Waals surface area contributed by atoms with Crippen molar-refractivity contribution in [1.29, 1.82) is 0 Å². The summed E-state index contributed by atoms with van der Waals surface area (Å²) >= 11 is 0. The molecule has 23 heavy (non-hydrogen) atoms. The van der Waals surface area contributed by atoms with E-state index in [1.165, 1.54) is 6.20 Å². The third kappa shape index (κ3) is 3.10. The average molecular weight is 321 g/mol. The Labute approximate surface area is 135 Å². The molecule has 0 saturated carbocycles. The summed E-state index contributed by atoms with van der Waals surface area (Å²) in [6.45, 7) is 3.20. The second kappa shape index (κ2) is 6.70. The highest BCUT2D eigenvalue weighted by molar-refractivity contribution is 5.91. The predicted octanol–water partition coefficient (Wildman–Crippen LogP) is 1.17. The molecule has 2 aliphatic rings. The lowest BCUT2D eigenvalue weighted by molar-refractivity contribution is -0.150. The van der Waals surface area contributed by atoms with Crippen LogP contribution in [0.5, 0.6) is 0 Å². The second-order valence-corrected chi connectivity index (χ2v) is 6.34. The van der Waals surface area contributed by atoms with Gasteiger partial charge in [-0.2, -0.15) is 0 Å². The molecule has 0 aliphatic carbocycles. The minimum Gasteiger partial charge on any atom is -0.383 e. The summed E-state index contributed by atoms with van der Waals surface area (Å²) in [5.41, 5.74) is -0.301. The lowest BCUT2D eigenvalue weighted by Gasteiger charge is -2.46. The molecule has 2 fully saturated rings. The molecule has 2 aliphatic heterocycles. The molecule has 7 heteroatoms. The molecule has 2 amide bonds. The Kier molecular flexibility index (Phi) is 4.66. The number of rotatable bonds is 4. The molecule has 1 aromatic heterocycles. The number of methoxy groups -OCH3 is 1. The molecule has 0 atom stereocenters. The van der Waals surface area contributed by atoms with E-state index in [4.69, 9.17) is 9.26 Å². The molecule has 0 unspecified atom stereocenters. The maximum Gasteiger partial charge on any atom is 0.292 e. The van der Waals surface area contributed by atoms with Crippen LogP contribution in [0.3, 0.4) is 0 Å². The van der Waals surface area contributed by atoms with Crippen LogP contribution in [-0.4, -0.2) is 66.7 Å². The number of aromatic nitrogens is 1. The fraction of sp³-hybridized carbons (Fsp3) is 0.688. The summed E-state index contributed by atoms with van der Waals surface area (Å²) in [5, 5.41) is 3.58. The van der Waals surface area contributed by atoms with Gasteiger partial charge in [-0.3, -0.25) is 9.59 Å². The third-order valence-electron chi connectivity index (χ3n) is 5.05. The number of hydrogen-bond acceptors (Lipinski definition) is 5. The number of piperidine rings is 2. The van der Waals surface area contributed by atoms with Gasteiger partial charge in [0.15, 0.2) is 0 Å². The fourth-order valence-electron chi connectivity index (χ4n) is 3.65. The number of likely N-dealkylation sites (tertiary alicyclic amines) is 2. The Morgan fingerprint density at radius 1 is 1.35 bits per heavy atom. The SMILES string of the molecule is COCCN1CCCC2(CCN(C(=O)c3ccno3)CC2)C1=O. The van der Waals surface area contributed by atoms with Crippen molar-refractivity contribution >= 4 is 11.8 Å². The predicted molar refractivity (Wildman–Crippen MR) is 81.8 cm³/mol. The van der Waals surface area contributed by atoms with E-state index in [9.17, 15) is 9.59 Å². The Morgan fingerprint density at radius 2 is 2.13 bits per heavy atom. The van der Waals surface area contributed by atoms with Gasteiger partial charge in [-0.05, 0) is 25.7 Å². The Hall–Kier alpha value is -1.89. The third-order valence-corrected chi connectivity index (χ3v) is 5.05. The number of carbonyl (C=O) groups is 2. The van der Waals surface area contributed by atoms with E-state index in [1.807, 2.05) is 4.90 Å². The van der Waals surface area contributed by atoms with Gasteiger partial charge in [0.2, 0.25) is 11.7 Å². The lowest BCUT2D eigenvalue weighted by Crippen LogP contribution is -2.54. The van der Waals surface area contributed by atoms with Crippen LogP contribution in [0.1, 0.15) is 36.2 Å². The summed E-state index contributed by atoms with van der Waals surface area (Å²) in [7, 11) is 1.65. The van der Waals surface area contributed by atoms with Crippen molar-refractivity contribution in [2.24, 2.45) is 5.41 Å². The van der Waals surface area contributed by atoms with Crippen molar-refractivity contribution in [3.8, 4) is 0 Å². The molecule has 2 saturated heterocycles. The first-order chi connectivity index (χ1) is 11.2. The number of ether oxygens (including phenoxy) is 1. The molecule has 7 nitrogen and oxygen atoms in total. The van der Waals surface area contributed by atoms with E-state index in [2.05, 4.69) is 5.16 Å². The summed E-state index contributed by atoms with van der Waals surface area (Å²) in [4.78, 5) is 28.8. The van der Waals surface area contributed by atoms with Gasteiger partial charge >= 0.3 is 0 Å². The van der Waals surface area contributed by atoms with E-state index in [0.29, 0.717) is 26.2 Å². The van der Waals surface area contributed by atoms with Gasteiger partial charge < -0.3 is 19.1 Å². The van der Waals surface area contributed by atoms with Crippen molar-refractivity contribution in [3.05, 3.63) is 18.0 Å². The van der Waals surface area contributed by atoms with Crippen molar-refractivity contribution < 1.29 is 18.8 Å². The van der Waals surface area contributed by atoms with Gasteiger partial charge in [-0.25, -0.2) is 0 Å². The first-order valence-corrected chi connectivity index (χ1v) is 8.14. The number of nitrogens with zero attached hydrogens (tertiary/aromatic N) is 3. The van der Waals surface area contributed by atoms with Crippen LogP contribution in [0, 0.1) is 5.41 Å². The van der Waals surface area contributed by atoms with Crippen LogP contribution in [0.15, 0.2) is 16.8 Å². The highest BCUT2D eigenvalue weighted by Crippen LogP contribution is 2.41. The Balaban J connectivity index is 1.62. The van der Waals surface area contributed by atoms with E-state index in [1.54, 1.807) is 18.1 Å².